The summed E-state index contributed by atoms with van der Waals surface area (Å²) in [4.78, 5) is 21.2. The molecule has 5 aromatic rings. The molecule has 0 bridgehead atoms. The zero-order valence-electron chi connectivity index (χ0n) is 13.5. The van der Waals surface area contributed by atoms with Gasteiger partial charge in [-0.3, -0.25) is 9.78 Å². The Balaban J connectivity index is 2.13. The summed E-state index contributed by atoms with van der Waals surface area (Å²) in [5, 5.41) is 4.23. The van der Waals surface area contributed by atoms with E-state index in [9.17, 15) is 4.79 Å². The molecule has 0 radical (unpaired) electrons. The van der Waals surface area contributed by atoms with Gasteiger partial charge in [0.25, 0.3) is 0 Å². The summed E-state index contributed by atoms with van der Waals surface area (Å²) in [6.07, 6.45) is 1.74. The van der Waals surface area contributed by atoms with Gasteiger partial charge in [-0.2, -0.15) is 0 Å². The predicted molar refractivity (Wildman–Crippen MR) is 101 cm³/mol. The average Bonchev–Trinajstić information content (AvgIpc) is 2.67. The van der Waals surface area contributed by atoms with Crippen molar-refractivity contribution < 1.29 is 4.74 Å². The Labute approximate surface area is 142 Å². The van der Waals surface area contributed by atoms with Crippen molar-refractivity contribution in [2.45, 2.75) is 0 Å². The van der Waals surface area contributed by atoms with E-state index in [0.717, 1.165) is 27.2 Å². The Morgan fingerprint density at radius 1 is 0.920 bits per heavy atom. The van der Waals surface area contributed by atoms with E-state index >= 15 is 0 Å². The summed E-state index contributed by atoms with van der Waals surface area (Å²) in [5.74, 6) is 0.562. The van der Waals surface area contributed by atoms with E-state index in [1.807, 2.05) is 54.6 Å². The molecule has 0 fully saturated rings. The Hall–Kier alpha value is -3.40. The first-order chi connectivity index (χ1) is 12.3. The minimum Gasteiger partial charge on any atom is -0.496 e. The lowest BCUT2D eigenvalue weighted by Gasteiger charge is -2.11. The molecular formula is C21H14N2O2. The van der Waals surface area contributed by atoms with E-state index in [0.29, 0.717) is 22.0 Å². The molecule has 0 aliphatic heterocycles. The van der Waals surface area contributed by atoms with Crippen molar-refractivity contribution in [3.63, 3.8) is 0 Å². The largest absolute Gasteiger partial charge is 0.496 e. The topological polar surface area (TPSA) is 55.0 Å². The molecule has 4 heteroatoms. The zero-order valence-corrected chi connectivity index (χ0v) is 13.5. The lowest BCUT2D eigenvalue weighted by molar-refractivity contribution is 0.420. The molecule has 0 atom stereocenters. The normalized spacial score (nSPS) is 11.6. The number of aromatic amines is 1. The van der Waals surface area contributed by atoms with E-state index in [1.54, 1.807) is 13.3 Å². The van der Waals surface area contributed by atoms with E-state index in [2.05, 4.69) is 9.97 Å². The van der Waals surface area contributed by atoms with Gasteiger partial charge in [-0.15, -0.1) is 0 Å². The van der Waals surface area contributed by atoms with Crippen LogP contribution in [0.15, 0.2) is 65.6 Å². The SMILES string of the molecule is COc1cc2cccnc2c2[nH]c3c(ccc4ccccc43)c(=O)c12. The second-order valence-electron chi connectivity index (χ2n) is 6.07. The number of benzene rings is 3. The van der Waals surface area contributed by atoms with E-state index in [1.165, 1.54) is 0 Å². The second-order valence-corrected chi connectivity index (χ2v) is 6.07. The smallest absolute Gasteiger partial charge is 0.201 e. The molecule has 0 spiro atoms. The number of aromatic nitrogens is 2. The van der Waals surface area contributed by atoms with Gasteiger partial charge in [-0.25, -0.2) is 0 Å². The molecule has 4 nitrogen and oxygen atoms in total. The van der Waals surface area contributed by atoms with Crippen LogP contribution in [0.3, 0.4) is 0 Å². The van der Waals surface area contributed by atoms with Crippen molar-refractivity contribution in [3.8, 4) is 5.75 Å². The van der Waals surface area contributed by atoms with Gasteiger partial charge >= 0.3 is 0 Å². The second kappa shape index (κ2) is 5.05. The highest BCUT2D eigenvalue weighted by Crippen LogP contribution is 2.32. The number of hydrogen-bond donors (Lipinski definition) is 1. The molecule has 1 N–H and O–H groups in total. The standard InChI is InChI=1S/C21H14N2O2/c1-25-16-11-13-6-4-10-22-18(13)20-17(16)21(24)15-9-8-12-5-2-3-7-14(12)19(15)23-20/h2-11H,1H3,(H,23,24). The Kier molecular flexibility index (Phi) is 2.82. The molecule has 2 aromatic heterocycles. The quantitative estimate of drug-likeness (QED) is 0.367. The molecule has 5 rings (SSSR count). The van der Waals surface area contributed by atoms with Crippen LogP contribution in [-0.4, -0.2) is 17.1 Å². The van der Waals surface area contributed by atoms with Crippen molar-refractivity contribution in [3.05, 3.63) is 71.0 Å². The van der Waals surface area contributed by atoms with Crippen molar-refractivity contribution in [2.24, 2.45) is 0 Å². The summed E-state index contributed by atoms with van der Waals surface area (Å²) < 4.78 is 5.51. The third-order valence-corrected chi connectivity index (χ3v) is 4.73. The first-order valence-corrected chi connectivity index (χ1v) is 8.07. The maximum atomic E-state index is 13.2. The van der Waals surface area contributed by atoms with Gasteiger partial charge in [0.2, 0.25) is 5.43 Å². The van der Waals surface area contributed by atoms with Crippen molar-refractivity contribution in [1.82, 2.24) is 9.97 Å². The van der Waals surface area contributed by atoms with Crippen LogP contribution < -0.4 is 10.2 Å². The molecule has 0 aliphatic carbocycles. The van der Waals surface area contributed by atoms with Crippen LogP contribution in [0.1, 0.15) is 0 Å². The first-order valence-electron chi connectivity index (χ1n) is 8.07. The van der Waals surface area contributed by atoms with Crippen molar-refractivity contribution >= 4 is 43.5 Å². The number of nitrogens with one attached hydrogen (secondary N) is 1. The van der Waals surface area contributed by atoms with Gasteiger partial charge in [-0.1, -0.05) is 36.4 Å². The average molecular weight is 326 g/mol. The van der Waals surface area contributed by atoms with E-state index in [4.69, 9.17) is 4.74 Å². The fraction of sp³-hybridized carbons (Fsp3) is 0.0476. The van der Waals surface area contributed by atoms with E-state index < -0.39 is 0 Å². The fourth-order valence-corrected chi connectivity index (χ4v) is 3.56. The zero-order chi connectivity index (χ0) is 17.0. The van der Waals surface area contributed by atoms with Gasteiger partial charge in [0.1, 0.15) is 5.75 Å². The maximum Gasteiger partial charge on any atom is 0.201 e. The highest BCUT2D eigenvalue weighted by atomic mass is 16.5. The molecule has 2 heterocycles. The van der Waals surface area contributed by atoms with Crippen molar-refractivity contribution in [2.75, 3.05) is 7.11 Å². The third-order valence-electron chi connectivity index (χ3n) is 4.73. The van der Waals surface area contributed by atoms with Crippen LogP contribution in [0.5, 0.6) is 5.75 Å². The third kappa shape index (κ3) is 1.88. The molecule has 0 saturated heterocycles. The molecule has 0 saturated carbocycles. The molecule has 3 aromatic carbocycles. The van der Waals surface area contributed by atoms with Gasteiger partial charge in [0, 0.05) is 22.4 Å². The maximum absolute atomic E-state index is 13.2. The number of rotatable bonds is 1. The van der Waals surface area contributed by atoms with E-state index in [-0.39, 0.29) is 5.43 Å². The Bertz CT molecular complexity index is 1350. The fourth-order valence-electron chi connectivity index (χ4n) is 3.56. The first kappa shape index (κ1) is 14.0. The number of methoxy groups -OCH3 is 1. The molecule has 0 unspecified atom stereocenters. The van der Waals surface area contributed by atoms with Crippen LogP contribution in [0.25, 0.3) is 43.5 Å². The van der Waals surface area contributed by atoms with Crippen LogP contribution >= 0.6 is 0 Å². The molecule has 120 valence electrons. The number of hydrogen-bond acceptors (Lipinski definition) is 3. The summed E-state index contributed by atoms with van der Waals surface area (Å²) in [6.45, 7) is 0. The lowest BCUT2D eigenvalue weighted by Crippen LogP contribution is -2.07. The summed E-state index contributed by atoms with van der Waals surface area (Å²) in [6, 6.07) is 17.6. The van der Waals surface area contributed by atoms with Gasteiger partial charge < -0.3 is 9.72 Å². The van der Waals surface area contributed by atoms with Crippen LogP contribution in [-0.2, 0) is 0 Å². The lowest BCUT2D eigenvalue weighted by atomic mass is 10.0. The number of pyridine rings is 2. The highest BCUT2D eigenvalue weighted by Gasteiger charge is 2.15. The summed E-state index contributed by atoms with van der Waals surface area (Å²) in [7, 11) is 1.58. The molecule has 0 aliphatic rings. The number of nitrogens with zero attached hydrogens (tertiary/aromatic N) is 1. The molecule has 25 heavy (non-hydrogen) atoms. The van der Waals surface area contributed by atoms with Crippen LogP contribution in [0, 0.1) is 0 Å². The number of ether oxygens (including phenoxy) is 1. The monoisotopic (exact) mass is 326 g/mol. The number of H-pyrrole nitrogens is 1. The molecule has 0 amide bonds. The van der Waals surface area contributed by atoms with Gasteiger partial charge in [0.15, 0.2) is 0 Å². The highest BCUT2D eigenvalue weighted by molar-refractivity contribution is 6.13. The number of fused-ring (bicyclic) bond motifs is 6. The summed E-state index contributed by atoms with van der Waals surface area (Å²) >= 11 is 0. The Morgan fingerprint density at radius 2 is 1.76 bits per heavy atom. The predicted octanol–water partition coefficient (Wildman–Crippen LogP) is 4.39. The van der Waals surface area contributed by atoms with Crippen LogP contribution in [0.4, 0.5) is 0 Å². The minimum absolute atomic E-state index is 0.0427. The van der Waals surface area contributed by atoms with Gasteiger partial charge in [0.05, 0.1) is 29.0 Å². The molecular weight excluding hydrogens is 312 g/mol. The summed E-state index contributed by atoms with van der Waals surface area (Å²) in [5.41, 5.74) is 2.27. The van der Waals surface area contributed by atoms with Crippen molar-refractivity contribution in [1.29, 1.82) is 0 Å². The minimum atomic E-state index is -0.0427. The van der Waals surface area contributed by atoms with Crippen LogP contribution in [0.2, 0.25) is 0 Å². The van der Waals surface area contributed by atoms with Gasteiger partial charge in [-0.05, 0) is 23.6 Å². The Morgan fingerprint density at radius 3 is 2.64 bits per heavy atom.